The summed E-state index contributed by atoms with van der Waals surface area (Å²) in [6.45, 7) is 2.26. The number of methoxy groups -OCH3 is 1. The van der Waals surface area contributed by atoms with Crippen molar-refractivity contribution in [1.29, 1.82) is 0 Å². The third-order valence-electron chi connectivity index (χ3n) is 4.10. The number of hydrogen-bond acceptors (Lipinski definition) is 4. The molecule has 0 aliphatic carbocycles. The van der Waals surface area contributed by atoms with Crippen LogP contribution in [-0.4, -0.2) is 37.5 Å². The van der Waals surface area contributed by atoms with Crippen molar-refractivity contribution < 1.29 is 9.47 Å². The summed E-state index contributed by atoms with van der Waals surface area (Å²) in [6.07, 6.45) is 1.82. The summed E-state index contributed by atoms with van der Waals surface area (Å²) >= 11 is 3.55. The number of para-hydroxylation sites is 1. The fourth-order valence-electron chi connectivity index (χ4n) is 2.66. The zero-order chi connectivity index (χ0) is 14.7. The highest BCUT2D eigenvalue weighted by Gasteiger charge is 2.32. The predicted octanol–water partition coefficient (Wildman–Crippen LogP) is 3.60. The second-order valence-electron chi connectivity index (χ2n) is 5.36. The molecule has 5 heteroatoms. The van der Waals surface area contributed by atoms with Crippen molar-refractivity contribution in [2.45, 2.75) is 18.4 Å². The van der Waals surface area contributed by atoms with Gasteiger partial charge in [-0.15, -0.1) is 0 Å². The van der Waals surface area contributed by atoms with Crippen LogP contribution in [0.5, 0.6) is 0 Å². The number of rotatable bonds is 4. The van der Waals surface area contributed by atoms with E-state index in [2.05, 4.69) is 38.4 Å². The summed E-state index contributed by atoms with van der Waals surface area (Å²) < 4.78 is 12.2. The summed E-state index contributed by atoms with van der Waals surface area (Å²) in [5.41, 5.74) is 0.823. The van der Waals surface area contributed by atoms with Crippen molar-refractivity contribution in [1.82, 2.24) is 4.98 Å². The minimum absolute atomic E-state index is 0.150. The second-order valence-corrected chi connectivity index (χ2v) is 6.22. The van der Waals surface area contributed by atoms with Crippen LogP contribution in [0.3, 0.4) is 0 Å². The molecule has 1 N–H and O–H groups in total. The Morgan fingerprint density at radius 1 is 1.29 bits per heavy atom. The van der Waals surface area contributed by atoms with Crippen LogP contribution in [0, 0.1) is 0 Å². The first-order valence-electron chi connectivity index (χ1n) is 7.14. The highest BCUT2D eigenvalue weighted by molar-refractivity contribution is 9.10. The van der Waals surface area contributed by atoms with Gasteiger partial charge in [0.2, 0.25) is 0 Å². The molecule has 1 aromatic carbocycles. The van der Waals surface area contributed by atoms with Crippen molar-refractivity contribution in [3.63, 3.8) is 0 Å². The van der Waals surface area contributed by atoms with E-state index in [0.717, 1.165) is 53.8 Å². The van der Waals surface area contributed by atoms with Gasteiger partial charge in [-0.05, 0) is 34.1 Å². The third kappa shape index (κ3) is 3.20. The summed E-state index contributed by atoms with van der Waals surface area (Å²) in [7, 11) is 1.78. The van der Waals surface area contributed by atoms with E-state index in [-0.39, 0.29) is 5.60 Å². The maximum Gasteiger partial charge on any atom is 0.126 e. The Labute approximate surface area is 133 Å². The number of hydrogen-bond donors (Lipinski definition) is 1. The van der Waals surface area contributed by atoms with E-state index in [1.807, 2.05) is 18.2 Å². The molecule has 0 unspecified atom stereocenters. The molecular formula is C16H19BrN2O2. The monoisotopic (exact) mass is 350 g/mol. The topological polar surface area (TPSA) is 43.4 Å². The molecule has 4 nitrogen and oxygen atoms in total. The van der Waals surface area contributed by atoms with Crippen molar-refractivity contribution in [2.75, 3.05) is 32.2 Å². The highest BCUT2D eigenvalue weighted by Crippen LogP contribution is 2.26. The van der Waals surface area contributed by atoms with E-state index in [1.54, 1.807) is 7.11 Å². The van der Waals surface area contributed by atoms with E-state index in [9.17, 15) is 0 Å². The Morgan fingerprint density at radius 3 is 2.86 bits per heavy atom. The molecule has 1 aliphatic rings. The van der Waals surface area contributed by atoms with Crippen LogP contribution in [0.25, 0.3) is 10.9 Å². The van der Waals surface area contributed by atoms with Gasteiger partial charge < -0.3 is 14.8 Å². The normalized spacial score (nSPS) is 17.8. The number of fused-ring (bicyclic) bond motifs is 1. The number of benzene rings is 1. The van der Waals surface area contributed by atoms with Crippen molar-refractivity contribution in [3.8, 4) is 0 Å². The Bertz CT molecular complexity index is 627. The van der Waals surface area contributed by atoms with E-state index in [4.69, 9.17) is 9.47 Å². The molecule has 0 saturated carbocycles. The molecular weight excluding hydrogens is 332 g/mol. The average Bonchev–Trinajstić information content (AvgIpc) is 2.54. The van der Waals surface area contributed by atoms with Crippen LogP contribution in [0.1, 0.15) is 12.8 Å². The maximum atomic E-state index is 5.73. The van der Waals surface area contributed by atoms with Gasteiger partial charge >= 0.3 is 0 Å². The molecule has 2 aromatic rings. The van der Waals surface area contributed by atoms with Gasteiger partial charge in [0, 0.05) is 49.6 Å². The van der Waals surface area contributed by atoms with Gasteiger partial charge in [-0.3, -0.25) is 0 Å². The molecule has 21 heavy (non-hydrogen) atoms. The van der Waals surface area contributed by atoms with Gasteiger partial charge in [0.1, 0.15) is 5.82 Å². The molecule has 112 valence electrons. The molecule has 0 amide bonds. The zero-order valence-corrected chi connectivity index (χ0v) is 13.6. The highest BCUT2D eigenvalue weighted by atomic mass is 79.9. The second kappa shape index (κ2) is 6.30. The summed E-state index contributed by atoms with van der Waals surface area (Å²) in [4.78, 5) is 4.68. The minimum Gasteiger partial charge on any atom is -0.381 e. The molecule has 0 radical (unpaired) electrons. The molecule has 2 heterocycles. The van der Waals surface area contributed by atoms with Gasteiger partial charge in [0.25, 0.3) is 0 Å². The van der Waals surface area contributed by atoms with Crippen molar-refractivity contribution in [2.24, 2.45) is 0 Å². The van der Waals surface area contributed by atoms with E-state index in [1.165, 1.54) is 0 Å². The maximum absolute atomic E-state index is 5.73. The van der Waals surface area contributed by atoms with Crippen molar-refractivity contribution in [3.05, 3.63) is 34.8 Å². The van der Waals surface area contributed by atoms with Crippen LogP contribution >= 0.6 is 15.9 Å². The van der Waals surface area contributed by atoms with E-state index in [0.29, 0.717) is 0 Å². The lowest BCUT2D eigenvalue weighted by atomic mass is 9.94. The molecule has 0 spiro atoms. The molecule has 1 fully saturated rings. The number of nitrogens with one attached hydrogen (secondary N) is 1. The average molecular weight is 351 g/mol. The van der Waals surface area contributed by atoms with Gasteiger partial charge in [-0.1, -0.05) is 12.1 Å². The number of ether oxygens (including phenoxy) is 2. The predicted molar refractivity (Wildman–Crippen MR) is 87.7 cm³/mol. The first-order chi connectivity index (χ1) is 10.2. The Hall–Kier alpha value is -1.17. The molecule has 1 aliphatic heterocycles. The zero-order valence-electron chi connectivity index (χ0n) is 12.1. The number of halogens is 1. The number of aromatic nitrogens is 1. The number of pyridine rings is 1. The lowest BCUT2D eigenvalue weighted by Crippen LogP contribution is -2.44. The molecule has 1 aromatic heterocycles. The van der Waals surface area contributed by atoms with E-state index >= 15 is 0 Å². The van der Waals surface area contributed by atoms with Gasteiger partial charge in [-0.25, -0.2) is 4.98 Å². The smallest absolute Gasteiger partial charge is 0.126 e. The minimum atomic E-state index is -0.150. The lowest BCUT2D eigenvalue weighted by molar-refractivity contribution is -0.0807. The number of nitrogens with zero attached hydrogens (tertiary/aromatic N) is 1. The van der Waals surface area contributed by atoms with Crippen LogP contribution in [0.15, 0.2) is 34.8 Å². The number of anilines is 1. The fraction of sp³-hybridized carbons (Fsp3) is 0.438. The fourth-order valence-corrected chi connectivity index (χ4v) is 3.13. The summed E-state index contributed by atoms with van der Waals surface area (Å²) in [5, 5.41) is 4.54. The molecule has 3 rings (SSSR count). The molecule has 0 atom stereocenters. The van der Waals surface area contributed by atoms with E-state index < -0.39 is 0 Å². The standard InChI is InChI=1S/C16H19BrN2O2/c1-20-16(7-9-21-10-8-16)11-18-14-6-5-12-3-2-4-13(17)15(12)19-14/h2-6H,7-11H2,1H3,(H,18,19). The van der Waals surface area contributed by atoms with Crippen LogP contribution in [0.2, 0.25) is 0 Å². The largest absolute Gasteiger partial charge is 0.381 e. The van der Waals surface area contributed by atoms with Gasteiger partial charge in [0.15, 0.2) is 0 Å². The quantitative estimate of drug-likeness (QED) is 0.914. The van der Waals surface area contributed by atoms with Gasteiger partial charge in [0.05, 0.1) is 11.1 Å². The Kier molecular flexibility index (Phi) is 4.42. The first kappa shape index (κ1) is 14.8. The summed E-state index contributed by atoms with van der Waals surface area (Å²) in [6, 6.07) is 10.2. The van der Waals surface area contributed by atoms with Crippen molar-refractivity contribution >= 4 is 32.7 Å². The summed E-state index contributed by atoms with van der Waals surface area (Å²) in [5.74, 6) is 0.873. The lowest BCUT2D eigenvalue weighted by Gasteiger charge is -2.36. The molecule has 0 bridgehead atoms. The van der Waals surface area contributed by atoms with Crippen LogP contribution in [-0.2, 0) is 9.47 Å². The first-order valence-corrected chi connectivity index (χ1v) is 7.94. The molecule has 1 saturated heterocycles. The third-order valence-corrected chi connectivity index (χ3v) is 4.74. The van der Waals surface area contributed by atoms with Gasteiger partial charge in [-0.2, -0.15) is 0 Å². The Balaban J connectivity index is 1.77. The van der Waals surface area contributed by atoms with Crippen LogP contribution < -0.4 is 5.32 Å². The Morgan fingerprint density at radius 2 is 2.10 bits per heavy atom. The SMILES string of the molecule is COC1(CNc2ccc3cccc(Br)c3n2)CCOCC1. The van der Waals surface area contributed by atoms with Crippen LogP contribution in [0.4, 0.5) is 5.82 Å².